The number of hydrogen-bond acceptors (Lipinski definition) is 5. The number of hydrogen-bond donors (Lipinski definition) is 1. The largest absolute Gasteiger partial charge is 0.438 e. The second kappa shape index (κ2) is 8.22. The summed E-state index contributed by atoms with van der Waals surface area (Å²) in [5.41, 5.74) is 1.23. The van der Waals surface area contributed by atoms with Crippen LogP contribution in [0.5, 0.6) is 11.6 Å². The Morgan fingerprint density at radius 3 is 2.67 bits per heavy atom. The molecule has 1 heterocycles. The van der Waals surface area contributed by atoms with Gasteiger partial charge in [0.05, 0.1) is 12.3 Å². The highest BCUT2D eigenvalue weighted by molar-refractivity contribution is 5.29. The van der Waals surface area contributed by atoms with E-state index in [1.54, 1.807) is 18.6 Å². The Morgan fingerprint density at radius 2 is 1.96 bits per heavy atom. The fraction of sp³-hybridized carbons (Fsp3) is 0.474. The van der Waals surface area contributed by atoms with Crippen LogP contribution in [0.25, 0.3) is 0 Å². The van der Waals surface area contributed by atoms with Crippen LogP contribution >= 0.6 is 0 Å². The van der Waals surface area contributed by atoms with E-state index >= 15 is 0 Å². The number of aliphatic hydroxyl groups is 1. The van der Waals surface area contributed by atoms with Crippen molar-refractivity contribution < 1.29 is 9.84 Å². The number of aromatic nitrogens is 2. The topological polar surface area (TPSA) is 58.5 Å². The molecule has 0 amide bonds. The maximum atomic E-state index is 10.1. The number of aliphatic hydroxyl groups excluding tert-OH is 1. The van der Waals surface area contributed by atoms with Gasteiger partial charge in [0.1, 0.15) is 5.75 Å². The molecule has 2 unspecified atom stereocenters. The Kier molecular flexibility index (Phi) is 5.77. The van der Waals surface area contributed by atoms with Gasteiger partial charge in [-0.2, -0.15) is 0 Å². The van der Waals surface area contributed by atoms with Gasteiger partial charge in [-0.1, -0.05) is 25.0 Å². The summed E-state index contributed by atoms with van der Waals surface area (Å²) in [5, 5.41) is 10.1. The Bertz CT molecular complexity index is 618. The lowest BCUT2D eigenvalue weighted by atomic mass is 9.86. The average Bonchev–Trinajstić information content (AvgIpc) is 2.60. The highest BCUT2D eigenvalue weighted by atomic mass is 16.5. The van der Waals surface area contributed by atoms with Crippen LogP contribution in [0.15, 0.2) is 42.9 Å². The highest BCUT2D eigenvalue weighted by Gasteiger charge is 2.23. The lowest BCUT2D eigenvalue weighted by molar-refractivity contribution is 0.0502. The van der Waals surface area contributed by atoms with Crippen molar-refractivity contribution in [3.8, 4) is 11.6 Å². The first-order valence-electron chi connectivity index (χ1n) is 8.60. The van der Waals surface area contributed by atoms with Crippen molar-refractivity contribution in [1.82, 2.24) is 14.9 Å². The monoisotopic (exact) mass is 327 g/mol. The molecular formula is C19H25N3O2. The van der Waals surface area contributed by atoms with Crippen molar-refractivity contribution in [2.75, 3.05) is 13.6 Å². The number of nitrogens with zero attached hydrogens (tertiary/aromatic N) is 3. The van der Waals surface area contributed by atoms with Crippen molar-refractivity contribution >= 4 is 0 Å². The summed E-state index contributed by atoms with van der Waals surface area (Å²) in [6, 6.07) is 8.04. The van der Waals surface area contributed by atoms with Gasteiger partial charge in [0.2, 0.25) is 5.88 Å². The quantitative estimate of drug-likeness (QED) is 0.882. The molecule has 1 N–H and O–H groups in total. The minimum Gasteiger partial charge on any atom is -0.438 e. The standard InChI is InChI=1S/C19H25N3O2/c1-22(14-16-4-2-3-5-18(16)23)13-15-6-8-17(9-7-15)24-19-12-20-10-11-21-19/h6-12,16,18,23H,2-5,13-14H2,1H3. The van der Waals surface area contributed by atoms with Crippen LogP contribution in [-0.4, -0.2) is 39.7 Å². The first kappa shape index (κ1) is 16.9. The van der Waals surface area contributed by atoms with Gasteiger partial charge in [0.15, 0.2) is 0 Å². The first-order chi connectivity index (χ1) is 11.7. The molecule has 0 radical (unpaired) electrons. The van der Waals surface area contributed by atoms with E-state index in [-0.39, 0.29) is 6.10 Å². The van der Waals surface area contributed by atoms with Crippen molar-refractivity contribution in [1.29, 1.82) is 0 Å². The molecule has 1 saturated carbocycles. The van der Waals surface area contributed by atoms with Crippen LogP contribution in [0, 0.1) is 5.92 Å². The van der Waals surface area contributed by atoms with Crippen LogP contribution in [-0.2, 0) is 6.54 Å². The SMILES string of the molecule is CN(Cc1ccc(Oc2cnccn2)cc1)CC1CCCCC1O. The smallest absolute Gasteiger partial charge is 0.237 e. The molecule has 1 aliphatic rings. The van der Waals surface area contributed by atoms with Crippen LogP contribution < -0.4 is 4.74 Å². The van der Waals surface area contributed by atoms with Crippen molar-refractivity contribution in [2.45, 2.75) is 38.3 Å². The summed E-state index contributed by atoms with van der Waals surface area (Å²) < 4.78 is 5.65. The number of ether oxygens (including phenoxy) is 1. The normalized spacial score (nSPS) is 21.0. The zero-order valence-corrected chi connectivity index (χ0v) is 14.1. The van der Waals surface area contributed by atoms with E-state index in [9.17, 15) is 5.11 Å². The van der Waals surface area contributed by atoms with Gasteiger partial charge in [-0.3, -0.25) is 4.98 Å². The van der Waals surface area contributed by atoms with Gasteiger partial charge in [0, 0.05) is 25.5 Å². The number of rotatable bonds is 6. The summed E-state index contributed by atoms with van der Waals surface area (Å²) in [5.74, 6) is 1.65. The van der Waals surface area contributed by atoms with Crippen LogP contribution in [0.1, 0.15) is 31.2 Å². The zero-order valence-electron chi connectivity index (χ0n) is 14.1. The van der Waals surface area contributed by atoms with E-state index < -0.39 is 0 Å². The molecule has 1 aromatic carbocycles. The van der Waals surface area contributed by atoms with Crippen molar-refractivity contribution in [2.24, 2.45) is 5.92 Å². The molecule has 2 aromatic rings. The zero-order chi connectivity index (χ0) is 16.8. The minimum absolute atomic E-state index is 0.135. The second-order valence-corrected chi connectivity index (χ2v) is 6.60. The Morgan fingerprint density at radius 1 is 1.17 bits per heavy atom. The third kappa shape index (κ3) is 4.76. The molecule has 5 heteroatoms. The molecule has 1 fully saturated rings. The molecule has 2 atom stereocenters. The lowest BCUT2D eigenvalue weighted by Gasteiger charge is -2.31. The molecule has 0 saturated heterocycles. The summed E-state index contributed by atoms with van der Waals surface area (Å²) in [6.07, 6.45) is 9.18. The molecule has 128 valence electrons. The molecule has 5 nitrogen and oxygen atoms in total. The van der Waals surface area contributed by atoms with Crippen molar-refractivity contribution in [3.63, 3.8) is 0 Å². The fourth-order valence-corrected chi connectivity index (χ4v) is 3.30. The van der Waals surface area contributed by atoms with Crippen LogP contribution in [0.4, 0.5) is 0 Å². The van der Waals surface area contributed by atoms with E-state index in [2.05, 4.69) is 34.0 Å². The van der Waals surface area contributed by atoms with Gasteiger partial charge in [-0.15, -0.1) is 0 Å². The van der Waals surface area contributed by atoms with Gasteiger partial charge in [0.25, 0.3) is 0 Å². The molecule has 3 rings (SSSR count). The summed E-state index contributed by atoms with van der Waals surface area (Å²) in [6.45, 7) is 1.81. The maximum Gasteiger partial charge on any atom is 0.237 e. The van der Waals surface area contributed by atoms with Gasteiger partial charge < -0.3 is 14.7 Å². The Hall–Kier alpha value is -1.98. The van der Waals surface area contributed by atoms with Gasteiger partial charge in [-0.25, -0.2) is 4.98 Å². The summed E-state index contributed by atoms with van der Waals surface area (Å²) in [4.78, 5) is 10.4. The Balaban J connectivity index is 1.52. The molecule has 0 aliphatic heterocycles. The second-order valence-electron chi connectivity index (χ2n) is 6.60. The molecule has 24 heavy (non-hydrogen) atoms. The average molecular weight is 327 g/mol. The maximum absolute atomic E-state index is 10.1. The lowest BCUT2D eigenvalue weighted by Crippen LogP contribution is -2.34. The molecule has 0 bridgehead atoms. The van der Waals surface area contributed by atoms with E-state index in [0.717, 1.165) is 38.1 Å². The van der Waals surface area contributed by atoms with E-state index in [1.807, 2.05) is 12.1 Å². The van der Waals surface area contributed by atoms with E-state index in [4.69, 9.17) is 4.74 Å². The van der Waals surface area contributed by atoms with Gasteiger partial charge in [-0.05, 0) is 43.5 Å². The predicted octanol–water partition coefficient (Wildman–Crippen LogP) is 3.25. The highest BCUT2D eigenvalue weighted by Crippen LogP contribution is 2.25. The van der Waals surface area contributed by atoms with Crippen molar-refractivity contribution in [3.05, 3.63) is 48.4 Å². The van der Waals surface area contributed by atoms with Crippen LogP contribution in [0.2, 0.25) is 0 Å². The molecular weight excluding hydrogens is 302 g/mol. The third-order valence-corrected chi connectivity index (χ3v) is 4.55. The molecule has 1 aromatic heterocycles. The fourth-order valence-electron chi connectivity index (χ4n) is 3.30. The van der Waals surface area contributed by atoms with E-state index in [0.29, 0.717) is 11.8 Å². The number of benzene rings is 1. The summed E-state index contributed by atoms with van der Waals surface area (Å²) >= 11 is 0. The third-order valence-electron chi connectivity index (χ3n) is 4.55. The molecule has 1 aliphatic carbocycles. The summed E-state index contributed by atoms with van der Waals surface area (Å²) in [7, 11) is 2.12. The Labute approximate surface area is 143 Å². The minimum atomic E-state index is -0.135. The molecule has 0 spiro atoms. The van der Waals surface area contributed by atoms with Gasteiger partial charge >= 0.3 is 0 Å². The van der Waals surface area contributed by atoms with Crippen LogP contribution in [0.3, 0.4) is 0 Å². The van der Waals surface area contributed by atoms with E-state index in [1.165, 1.54) is 12.0 Å². The first-order valence-corrected chi connectivity index (χ1v) is 8.60. The predicted molar refractivity (Wildman–Crippen MR) is 92.8 cm³/mol.